The third-order valence-corrected chi connectivity index (χ3v) is 2.97. The molecule has 78 valence electrons. The fourth-order valence-corrected chi connectivity index (χ4v) is 2.14. The molecule has 1 saturated carbocycles. The molecule has 5 heteroatoms. The van der Waals surface area contributed by atoms with E-state index in [1.807, 2.05) is 0 Å². The zero-order valence-corrected chi connectivity index (χ0v) is 8.12. The van der Waals surface area contributed by atoms with Crippen LogP contribution in [0.1, 0.15) is 31.5 Å². The molecule has 1 heterocycles. The van der Waals surface area contributed by atoms with Gasteiger partial charge in [-0.2, -0.15) is 5.10 Å². The van der Waals surface area contributed by atoms with Gasteiger partial charge in [-0.3, -0.25) is 4.98 Å². The van der Waals surface area contributed by atoms with E-state index in [2.05, 4.69) is 15.2 Å². The summed E-state index contributed by atoms with van der Waals surface area (Å²) in [5.74, 6) is 1.21. The standard InChI is InChI=1S/C9H16N4O/c10-7-4-2-1-3-6(7)5-8-11-9(14)13-12-8/h6-7H,1-5,10H2,(H2,11,12,13,14). The van der Waals surface area contributed by atoms with Crippen LogP contribution < -0.4 is 11.4 Å². The zero-order valence-electron chi connectivity index (χ0n) is 8.12. The van der Waals surface area contributed by atoms with Gasteiger partial charge in [0.05, 0.1) is 0 Å². The Morgan fingerprint density at radius 1 is 1.43 bits per heavy atom. The van der Waals surface area contributed by atoms with Crippen molar-refractivity contribution in [2.45, 2.75) is 38.1 Å². The van der Waals surface area contributed by atoms with E-state index in [0.29, 0.717) is 5.92 Å². The van der Waals surface area contributed by atoms with Gasteiger partial charge in [-0.15, -0.1) is 0 Å². The van der Waals surface area contributed by atoms with Crippen LogP contribution in [-0.4, -0.2) is 21.2 Å². The molecule has 2 unspecified atom stereocenters. The lowest BCUT2D eigenvalue weighted by atomic mass is 9.83. The van der Waals surface area contributed by atoms with Crippen LogP contribution in [0.3, 0.4) is 0 Å². The van der Waals surface area contributed by atoms with Gasteiger partial charge in [-0.1, -0.05) is 12.8 Å². The van der Waals surface area contributed by atoms with Gasteiger partial charge >= 0.3 is 5.69 Å². The van der Waals surface area contributed by atoms with Gasteiger partial charge in [-0.25, -0.2) is 9.89 Å². The summed E-state index contributed by atoms with van der Waals surface area (Å²) < 4.78 is 0. The van der Waals surface area contributed by atoms with Crippen molar-refractivity contribution >= 4 is 0 Å². The summed E-state index contributed by atoms with van der Waals surface area (Å²) >= 11 is 0. The van der Waals surface area contributed by atoms with Gasteiger partial charge in [-0.05, 0) is 18.8 Å². The Morgan fingerprint density at radius 3 is 2.86 bits per heavy atom. The summed E-state index contributed by atoms with van der Waals surface area (Å²) in [5, 5.41) is 6.27. The van der Waals surface area contributed by atoms with E-state index in [9.17, 15) is 4.79 Å². The molecule has 2 rings (SSSR count). The molecule has 0 aromatic carbocycles. The van der Waals surface area contributed by atoms with Crippen LogP contribution in [-0.2, 0) is 6.42 Å². The van der Waals surface area contributed by atoms with Crippen molar-refractivity contribution in [1.82, 2.24) is 15.2 Å². The van der Waals surface area contributed by atoms with Crippen LogP contribution in [0.5, 0.6) is 0 Å². The number of hydrogen-bond donors (Lipinski definition) is 3. The Balaban J connectivity index is 1.99. The maximum absolute atomic E-state index is 10.8. The van der Waals surface area contributed by atoms with Crippen LogP contribution in [0, 0.1) is 5.92 Å². The molecule has 5 nitrogen and oxygen atoms in total. The third-order valence-electron chi connectivity index (χ3n) is 2.97. The maximum atomic E-state index is 10.8. The number of aromatic amines is 2. The lowest BCUT2D eigenvalue weighted by Gasteiger charge is -2.27. The molecule has 14 heavy (non-hydrogen) atoms. The number of nitrogens with two attached hydrogens (primary N) is 1. The third kappa shape index (κ3) is 2.04. The Morgan fingerprint density at radius 2 is 2.21 bits per heavy atom. The number of hydrogen-bond acceptors (Lipinski definition) is 3. The summed E-state index contributed by atoms with van der Waals surface area (Å²) in [6, 6.07) is 0.268. The van der Waals surface area contributed by atoms with Gasteiger partial charge in [0.2, 0.25) is 0 Å². The summed E-state index contributed by atoms with van der Waals surface area (Å²) in [5.41, 5.74) is 5.77. The number of nitrogens with zero attached hydrogens (tertiary/aromatic N) is 1. The first-order chi connectivity index (χ1) is 6.75. The molecule has 1 aromatic heterocycles. The van der Waals surface area contributed by atoms with E-state index in [4.69, 9.17) is 5.73 Å². The Hall–Kier alpha value is -1.10. The predicted octanol–water partition coefficient (Wildman–Crippen LogP) is 0.158. The highest BCUT2D eigenvalue weighted by Crippen LogP contribution is 2.24. The molecule has 0 saturated heterocycles. The van der Waals surface area contributed by atoms with E-state index < -0.39 is 0 Å². The molecule has 0 amide bonds. The molecule has 0 bridgehead atoms. The van der Waals surface area contributed by atoms with Gasteiger partial charge in [0.15, 0.2) is 0 Å². The fourth-order valence-electron chi connectivity index (χ4n) is 2.14. The van der Waals surface area contributed by atoms with E-state index in [1.165, 1.54) is 12.8 Å². The molecule has 1 aliphatic rings. The van der Waals surface area contributed by atoms with Crippen LogP contribution in [0.15, 0.2) is 4.79 Å². The Labute approximate surface area is 82.1 Å². The predicted molar refractivity (Wildman–Crippen MR) is 52.8 cm³/mol. The first kappa shape index (κ1) is 9.45. The van der Waals surface area contributed by atoms with E-state index in [-0.39, 0.29) is 11.7 Å². The molecule has 0 spiro atoms. The molecule has 2 atom stereocenters. The minimum Gasteiger partial charge on any atom is -0.327 e. The topological polar surface area (TPSA) is 87.6 Å². The number of aromatic nitrogens is 3. The molecule has 4 N–H and O–H groups in total. The summed E-state index contributed by atoms with van der Waals surface area (Å²) in [4.78, 5) is 13.5. The molecule has 0 aliphatic heterocycles. The van der Waals surface area contributed by atoms with E-state index in [1.54, 1.807) is 0 Å². The van der Waals surface area contributed by atoms with Crippen LogP contribution in [0.25, 0.3) is 0 Å². The quantitative estimate of drug-likeness (QED) is 0.629. The highest BCUT2D eigenvalue weighted by atomic mass is 16.1. The molecule has 1 fully saturated rings. The highest BCUT2D eigenvalue weighted by Gasteiger charge is 2.22. The smallest absolute Gasteiger partial charge is 0.327 e. The second-order valence-corrected chi connectivity index (χ2v) is 4.04. The molecular formula is C9H16N4O. The average Bonchev–Trinajstić information content (AvgIpc) is 2.56. The van der Waals surface area contributed by atoms with Crippen LogP contribution in [0.2, 0.25) is 0 Å². The van der Waals surface area contributed by atoms with Crippen molar-refractivity contribution in [3.05, 3.63) is 16.3 Å². The Kier molecular flexibility index (Phi) is 2.67. The maximum Gasteiger partial charge on any atom is 0.340 e. The second kappa shape index (κ2) is 3.96. The number of nitrogens with one attached hydrogen (secondary N) is 2. The lowest BCUT2D eigenvalue weighted by Crippen LogP contribution is -2.34. The van der Waals surface area contributed by atoms with Gasteiger partial charge in [0, 0.05) is 12.5 Å². The van der Waals surface area contributed by atoms with Crippen molar-refractivity contribution in [2.24, 2.45) is 11.7 Å². The number of H-pyrrole nitrogens is 2. The lowest BCUT2D eigenvalue weighted by molar-refractivity contribution is 0.302. The van der Waals surface area contributed by atoms with Crippen LogP contribution in [0.4, 0.5) is 0 Å². The number of rotatable bonds is 2. The normalized spacial score (nSPS) is 27.8. The first-order valence-electron chi connectivity index (χ1n) is 5.15. The summed E-state index contributed by atoms with van der Waals surface area (Å²) in [6.45, 7) is 0. The van der Waals surface area contributed by atoms with Crippen LogP contribution >= 0.6 is 0 Å². The molecule has 1 aromatic rings. The molecule has 0 radical (unpaired) electrons. The highest BCUT2D eigenvalue weighted by molar-refractivity contribution is 4.89. The first-order valence-corrected chi connectivity index (χ1v) is 5.15. The second-order valence-electron chi connectivity index (χ2n) is 4.04. The van der Waals surface area contributed by atoms with Crippen molar-refractivity contribution in [3.8, 4) is 0 Å². The van der Waals surface area contributed by atoms with Crippen molar-refractivity contribution in [2.75, 3.05) is 0 Å². The minimum absolute atomic E-state index is 0.232. The average molecular weight is 196 g/mol. The fraction of sp³-hybridized carbons (Fsp3) is 0.778. The van der Waals surface area contributed by atoms with Crippen molar-refractivity contribution in [1.29, 1.82) is 0 Å². The summed E-state index contributed by atoms with van der Waals surface area (Å²) in [7, 11) is 0. The van der Waals surface area contributed by atoms with Crippen molar-refractivity contribution in [3.63, 3.8) is 0 Å². The van der Waals surface area contributed by atoms with E-state index in [0.717, 1.165) is 25.1 Å². The Bertz CT molecular complexity index is 343. The van der Waals surface area contributed by atoms with Gasteiger partial charge in [0.1, 0.15) is 5.82 Å². The SMILES string of the molecule is NC1CCCCC1Cc1n[nH]c(=O)[nH]1. The van der Waals surface area contributed by atoms with Crippen molar-refractivity contribution < 1.29 is 0 Å². The van der Waals surface area contributed by atoms with Gasteiger partial charge in [0.25, 0.3) is 0 Å². The monoisotopic (exact) mass is 196 g/mol. The molecule has 1 aliphatic carbocycles. The largest absolute Gasteiger partial charge is 0.340 e. The molecular weight excluding hydrogens is 180 g/mol. The summed E-state index contributed by atoms with van der Waals surface area (Å²) in [6.07, 6.45) is 5.51. The minimum atomic E-state index is -0.232. The van der Waals surface area contributed by atoms with Gasteiger partial charge < -0.3 is 5.73 Å². The van der Waals surface area contributed by atoms with E-state index >= 15 is 0 Å². The zero-order chi connectivity index (χ0) is 9.97.